The van der Waals surface area contributed by atoms with E-state index in [4.69, 9.17) is 0 Å². The van der Waals surface area contributed by atoms with Crippen molar-refractivity contribution >= 4 is 5.91 Å². The fourth-order valence-electron chi connectivity index (χ4n) is 2.13. The molecule has 4 heteroatoms. The first kappa shape index (κ1) is 12.5. The molecular weight excluding hydrogens is 190 g/mol. The maximum Gasteiger partial charge on any atom is 0.221 e. The van der Waals surface area contributed by atoms with Crippen molar-refractivity contribution in [1.29, 1.82) is 0 Å². The van der Waals surface area contributed by atoms with Gasteiger partial charge < -0.3 is 10.6 Å². The molecule has 0 aromatic carbocycles. The molecule has 88 valence electrons. The van der Waals surface area contributed by atoms with Crippen molar-refractivity contribution in [3.8, 4) is 0 Å². The number of hydrogen-bond donors (Lipinski definition) is 2. The Labute approximate surface area is 92.4 Å². The lowest BCUT2D eigenvalue weighted by molar-refractivity contribution is -0.121. The normalized spacial score (nSPS) is 27.7. The van der Waals surface area contributed by atoms with Crippen LogP contribution in [-0.4, -0.2) is 49.1 Å². The number of rotatable bonds is 4. The second kappa shape index (κ2) is 6.08. The van der Waals surface area contributed by atoms with E-state index >= 15 is 0 Å². The number of piperazine rings is 1. The summed E-state index contributed by atoms with van der Waals surface area (Å²) in [7, 11) is 0. The summed E-state index contributed by atoms with van der Waals surface area (Å²) >= 11 is 0. The molecule has 0 radical (unpaired) electrons. The van der Waals surface area contributed by atoms with Crippen molar-refractivity contribution in [3.05, 3.63) is 0 Å². The van der Waals surface area contributed by atoms with E-state index in [2.05, 4.69) is 29.4 Å². The van der Waals surface area contributed by atoms with E-state index in [1.165, 1.54) is 0 Å². The standard InChI is InChI=1S/C11H23N3O/c1-4-13-11(15)5-6-14-9(2)7-12-8-10(14)3/h9-10,12H,4-8H2,1-3H3,(H,13,15). The first-order valence-electron chi connectivity index (χ1n) is 5.88. The summed E-state index contributed by atoms with van der Waals surface area (Å²) in [5, 5.41) is 6.22. The molecule has 1 aliphatic heterocycles. The first-order chi connectivity index (χ1) is 7.15. The molecule has 0 aliphatic carbocycles. The number of nitrogens with one attached hydrogen (secondary N) is 2. The Kier molecular flexibility index (Phi) is 5.05. The third-order valence-electron chi connectivity index (χ3n) is 2.98. The molecule has 0 aromatic rings. The van der Waals surface area contributed by atoms with Crippen LogP contribution < -0.4 is 10.6 Å². The maximum absolute atomic E-state index is 11.3. The van der Waals surface area contributed by atoms with Crippen LogP contribution in [0.25, 0.3) is 0 Å². The average molecular weight is 213 g/mol. The Hall–Kier alpha value is -0.610. The zero-order chi connectivity index (χ0) is 11.3. The third-order valence-corrected chi connectivity index (χ3v) is 2.98. The zero-order valence-electron chi connectivity index (χ0n) is 10.0. The van der Waals surface area contributed by atoms with E-state index in [1.807, 2.05) is 6.92 Å². The monoisotopic (exact) mass is 213 g/mol. The molecule has 15 heavy (non-hydrogen) atoms. The molecule has 1 amide bonds. The SMILES string of the molecule is CCNC(=O)CCN1C(C)CNCC1C. The van der Waals surface area contributed by atoms with Gasteiger partial charge in [0.2, 0.25) is 5.91 Å². The highest BCUT2D eigenvalue weighted by Gasteiger charge is 2.24. The predicted octanol–water partition coefficient (Wildman–Crippen LogP) is 0.195. The zero-order valence-corrected chi connectivity index (χ0v) is 10.0. The summed E-state index contributed by atoms with van der Waals surface area (Å²) in [4.78, 5) is 13.8. The molecule has 1 saturated heterocycles. The molecule has 2 unspecified atom stereocenters. The minimum absolute atomic E-state index is 0.162. The Morgan fingerprint density at radius 3 is 2.53 bits per heavy atom. The predicted molar refractivity (Wildman–Crippen MR) is 61.8 cm³/mol. The van der Waals surface area contributed by atoms with Crippen molar-refractivity contribution in [2.75, 3.05) is 26.2 Å². The quantitative estimate of drug-likeness (QED) is 0.701. The molecule has 1 aliphatic rings. The van der Waals surface area contributed by atoms with Crippen LogP contribution in [0.3, 0.4) is 0 Å². The van der Waals surface area contributed by atoms with Gasteiger partial charge in [0.25, 0.3) is 0 Å². The van der Waals surface area contributed by atoms with Crippen molar-refractivity contribution in [2.45, 2.75) is 39.3 Å². The van der Waals surface area contributed by atoms with Gasteiger partial charge in [0.1, 0.15) is 0 Å². The molecule has 2 N–H and O–H groups in total. The van der Waals surface area contributed by atoms with E-state index in [0.29, 0.717) is 18.5 Å². The van der Waals surface area contributed by atoms with Gasteiger partial charge >= 0.3 is 0 Å². The van der Waals surface area contributed by atoms with Crippen LogP contribution in [0.15, 0.2) is 0 Å². The molecule has 0 bridgehead atoms. The highest BCUT2D eigenvalue weighted by molar-refractivity contribution is 5.75. The Morgan fingerprint density at radius 2 is 2.00 bits per heavy atom. The van der Waals surface area contributed by atoms with Gasteiger partial charge in [-0.2, -0.15) is 0 Å². The number of carbonyl (C=O) groups is 1. The van der Waals surface area contributed by atoms with Gasteiger partial charge in [-0.25, -0.2) is 0 Å². The van der Waals surface area contributed by atoms with Crippen LogP contribution >= 0.6 is 0 Å². The van der Waals surface area contributed by atoms with Gasteiger partial charge in [0, 0.05) is 44.7 Å². The Morgan fingerprint density at radius 1 is 1.40 bits per heavy atom. The van der Waals surface area contributed by atoms with Gasteiger partial charge in [-0.15, -0.1) is 0 Å². The second-order valence-electron chi connectivity index (χ2n) is 4.30. The summed E-state index contributed by atoms with van der Waals surface area (Å²) in [6.07, 6.45) is 0.614. The largest absolute Gasteiger partial charge is 0.356 e. The van der Waals surface area contributed by atoms with Crippen LogP contribution in [0, 0.1) is 0 Å². The number of hydrogen-bond acceptors (Lipinski definition) is 3. The van der Waals surface area contributed by atoms with Gasteiger partial charge in [0.15, 0.2) is 0 Å². The number of carbonyl (C=O) groups excluding carboxylic acids is 1. The second-order valence-corrected chi connectivity index (χ2v) is 4.30. The van der Waals surface area contributed by atoms with Gasteiger partial charge in [-0.3, -0.25) is 9.69 Å². The summed E-state index contributed by atoms with van der Waals surface area (Å²) in [5.41, 5.74) is 0. The van der Waals surface area contributed by atoms with E-state index in [-0.39, 0.29) is 5.91 Å². The highest BCUT2D eigenvalue weighted by atomic mass is 16.1. The average Bonchev–Trinajstić information content (AvgIpc) is 2.17. The van der Waals surface area contributed by atoms with Crippen LogP contribution in [0.2, 0.25) is 0 Å². The fourth-order valence-corrected chi connectivity index (χ4v) is 2.13. The molecule has 1 heterocycles. The maximum atomic E-state index is 11.3. The van der Waals surface area contributed by atoms with E-state index in [9.17, 15) is 4.79 Å². The molecule has 0 aromatic heterocycles. The van der Waals surface area contributed by atoms with Gasteiger partial charge in [0.05, 0.1) is 0 Å². The Balaban J connectivity index is 2.32. The Bertz CT molecular complexity index is 198. The van der Waals surface area contributed by atoms with Crippen LogP contribution in [0.1, 0.15) is 27.2 Å². The highest BCUT2D eigenvalue weighted by Crippen LogP contribution is 2.09. The lowest BCUT2D eigenvalue weighted by Gasteiger charge is -2.39. The van der Waals surface area contributed by atoms with E-state index in [1.54, 1.807) is 0 Å². The number of nitrogens with zero attached hydrogens (tertiary/aromatic N) is 1. The topological polar surface area (TPSA) is 44.4 Å². The van der Waals surface area contributed by atoms with Crippen molar-refractivity contribution in [3.63, 3.8) is 0 Å². The van der Waals surface area contributed by atoms with Crippen molar-refractivity contribution in [2.24, 2.45) is 0 Å². The summed E-state index contributed by atoms with van der Waals surface area (Å²) in [6.45, 7) is 10.0. The summed E-state index contributed by atoms with van der Waals surface area (Å²) in [6, 6.07) is 1.06. The fraction of sp³-hybridized carbons (Fsp3) is 0.909. The summed E-state index contributed by atoms with van der Waals surface area (Å²) in [5.74, 6) is 0.162. The molecule has 1 fully saturated rings. The van der Waals surface area contributed by atoms with Crippen molar-refractivity contribution < 1.29 is 4.79 Å². The molecular formula is C11H23N3O. The van der Waals surface area contributed by atoms with Crippen LogP contribution in [-0.2, 0) is 4.79 Å². The molecule has 0 spiro atoms. The van der Waals surface area contributed by atoms with Crippen LogP contribution in [0.4, 0.5) is 0 Å². The molecule has 2 atom stereocenters. The van der Waals surface area contributed by atoms with E-state index < -0.39 is 0 Å². The minimum atomic E-state index is 0.162. The van der Waals surface area contributed by atoms with Crippen molar-refractivity contribution in [1.82, 2.24) is 15.5 Å². The molecule has 4 nitrogen and oxygen atoms in total. The number of amides is 1. The van der Waals surface area contributed by atoms with E-state index in [0.717, 1.165) is 26.2 Å². The van der Waals surface area contributed by atoms with Gasteiger partial charge in [-0.1, -0.05) is 0 Å². The molecule has 0 saturated carbocycles. The summed E-state index contributed by atoms with van der Waals surface area (Å²) < 4.78 is 0. The lowest BCUT2D eigenvalue weighted by atomic mass is 10.1. The lowest BCUT2D eigenvalue weighted by Crippen LogP contribution is -2.55. The van der Waals surface area contributed by atoms with Crippen LogP contribution in [0.5, 0.6) is 0 Å². The van der Waals surface area contributed by atoms with Gasteiger partial charge in [-0.05, 0) is 20.8 Å². The first-order valence-corrected chi connectivity index (χ1v) is 5.88. The third kappa shape index (κ3) is 3.80. The molecule has 1 rings (SSSR count). The minimum Gasteiger partial charge on any atom is -0.356 e. The smallest absolute Gasteiger partial charge is 0.221 e.